The van der Waals surface area contributed by atoms with Crippen molar-refractivity contribution in [2.24, 2.45) is 22.6 Å². The molecule has 0 aromatic rings. The smallest absolute Gasteiger partial charge is 0.241 e. The van der Waals surface area contributed by atoms with Gasteiger partial charge >= 0.3 is 0 Å². The molecule has 4 rings (SSSR count). The number of carbonyl (C=O) groups is 3. The largest absolute Gasteiger partial charge is 0.454 e. The van der Waals surface area contributed by atoms with Crippen molar-refractivity contribution in [1.82, 2.24) is 9.80 Å². The fourth-order valence-electron chi connectivity index (χ4n) is 4.24. The third-order valence-corrected chi connectivity index (χ3v) is 6.41. The molecule has 9 nitrogen and oxygen atoms in total. The van der Waals surface area contributed by atoms with Crippen LogP contribution < -0.4 is 5.73 Å². The molecule has 31 heavy (non-hydrogen) atoms. The van der Waals surface area contributed by atoms with Gasteiger partial charge in [-0.2, -0.15) is 0 Å². The number of hydrogen-bond donors (Lipinski definition) is 1. The SMILES string of the molecule is NC(=O)C1CCN(C(=O)CCCCCN2C(=O)C3C=C4OCOC4=CC3=NC2=S)CC1. The number of piperidine rings is 1. The number of amides is 3. The van der Waals surface area contributed by atoms with Gasteiger partial charge in [-0.25, -0.2) is 4.99 Å². The predicted octanol–water partition coefficient (Wildman–Crippen LogP) is 1.24. The molecule has 1 unspecified atom stereocenters. The fraction of sp³-hybridized carbons (Fsp3) is 0.571. The summed E-state index contributed by atoms with van der Waals surface area (Å²) in [5, 5.41) is 0.261. The highest BCUT2D eigenvalue weighted by atomic mass is 32.1. The molecule has 10 heteroatoms. The Morgan fingerprint density at radius 3 is 2.65 bits per heavy atom. The molecule has 2 N–H and O–H groups in total. The van der Waals surface area contributed by atoms with Crippen LogP contribution in [0.3, 0.4) is 0 Å². The van der Waals surface area contributed by atoms with E-state index in [2.05, 4.69) is 4.99 Å². The summed E-state index contributed by atoms with van der Waals surface area (Å²) in [7, 11) is 0. The van der Waals surface area contributed by atoms with Crippen molar-refractivity contribution in [2.45, 2.75) is 38.5 Å². The maximum atomic E-state index is 12.9. The molecule has 0 saturated carbocycles. The molecule has 3 heterocycles. The lowest BCUT2D eigenvalue weighted by atomic mass is 9.93. The summed E-state index contributed by atoms with van der Waals surface area (Å²) >= 11 is 5.33. The van der Waals surface area contributed by atoms with Crippen molar-refractivity contribution in [2.75, 3.05) is 26.4 Å². The molecule has 0 aromatic carbocycles. The Balaban J connectivity index is 1.20. The van der Waals surface area contributed by atoms with Crippen LogP contribution in [-0.4, -0.2) is 64.8 Å². The number of carbonyl (C=O) groups excluding carboxylic acids is 3. The molecule has 0 bridgehead atoms. The number of aliphatic imine (C=N–C) groups is 1. The van der Waals surface area contributed by atoms with Crippen LogP contribution in [0.5, 0.6) is 0 Å². The Kier molecular flexibility index (Phi) is 6.35. The molecule has 3 aliphatic heterocycles. The molecule has 1 aliphatic carbocycles. The number of hydrogen-bond acceptors (Lipinski definition) is 6. The molecule has 0 spiro atoms. The molecular weight excluding hydrogens is 420 g/mol. The van der Waals surface area contributed by atoms with Crippen LogP contribution in [0.1, 0.15) is 38.5 Å². The van der Waals surface area contributed by atoms with Crippen molar-refractivity contribution >= 4 is 40.8 Å². The maximum absolute atomic E-state index is 12.9. The van der Waals surface area contributed by atoms with Crippen molar-refractivity contribution in [3.63, 3.8) is 0 Å². The summed E-state index contributed by atoms with van der Waals surface area (Å²) < 4.78 is 10.7. The highest BCUT2D eigenvalue weighted by molar-refractivity contribution is 7.80. The third kappa shape index (κ3) is 4.63. The van der Waals surface area contributed by atoms with E-state index in [1.165, 1.54) is 4.90 Å². The number of thiocarbonyl (C=S) groups is 1. The van der Waals surface area contributed by atoms with Crippen LogP contribution >= 0.6 is 12.2 Å². The summed E-state index contributed by atoms with van der Waals surface area (Å²) in [6.07, 6.45) is 7.47. The number of fused-ring (bicyclic) bond motifs is 2. The van der Waals surface area contributed by atoms with E-state index in [1.54, 1.807) is 12.2 Å². The van der Waals surface area contributed by atoms with Crippen molar-refractivity contribution < 1.29 is 23.9 Å². The van der Waals surface area contributed by atoms with Crippen LogP contribution in [0.2, 0.25) is 0 Å². The highest BCUT2D eigenvalue weighted by Crippen LogP contribution is 2.31. The Labute approximate surface area is 185 Å². The molecule has 4 aliphatic rings. The first-order chi connectivity index (χ1) is 14.9. The maximum Gasteiger partial charge on any atom is 0.241 e. The van der Waals surface area contributed by atoms with Gasteiger partial charge in [-0.15, -0.1) is 0 Å². The second-order valence-electron chi connectivity index (χ2n) is 8.10. The van der Waals surface area contributed by atoms with Crippen LogP contribution in [0.15, 0.2) is 28.7 Å². The Hall–Kier alpha value is -2.75. The number of likely N-dealkylation sites (tertiary alicyclic amines) is 1. The first kappa shape index (κ1) is 21.5. The second kappa shape index (κ2) is 9.17. The Morgan fingerprint density at radius 2 is 1.90 bits per heavy atom. The van der Waals surface area contributed by atoms with Gasteiger partial charge < -0.3 is 20.1 Å². The van der Waals surface area contributed by atoms with Crippen molar-refractivity contribution in [3.05, 3.63) is 23.7 Å². The minimum absolute atomic E-state index is 0.108. The average Bonchev–Trinajstić information content (AvgIpc) is 3.21. The van der Waals surface area contributed by atoms with E-state index in [0.717, 1.165) is 19.3 Å². The number of unbranched alkanes of at least 4 members (excludes halogenated alkanes) is 2. The van der Waals surface area contributed by atoms with Crippen molar-refractivity contribution in [3.8, 4) is 0 Å². The van der Waals surface area contributed by atoms with Crippen LogP contribution in [0, 0.1) is 11.8 Å². The van der Waals surface area contributed by atoms with Gasteiger partial charge in [0, 0.05) is 38.0 Å². The molecular formula is C21H26N4O5S. The van der Waals surface area contributed by atoms with E-state index >= 15 is 0 Å². The second-order valence-corrected chi connectivity index (χ2v) is 8.47. The lowest BCUT2D eigenvalue weighted by molar-refractivity contribution is -0.135. The lowest BCUT2D eigenvalue weighted by Gasteiger charge is -2.31. The molecule has 166 valence electrons. The first-order valence-electron chi connectivity index (χ1n) is 10.6. The summed E-state index contributed by atoms with van der Waals surface area (Å²) in [6.45, 7) is 1.79. The summed E-state index contributed by atoms with van der Waals surface area (Å²) in [4.78, 5) is 44.3. The Morgan fingerprint density at radius 1 is 1.16 bits per heavy atom. The minimum atomic E-state index is -0.503. The number of allylic oxidation sites excluding steroid dienone is 1. The minimum Gasteiger partial charge on any atom is -0.454 e. The molecule has 3 amide bonds. The number of nitrogens with zero attached hydrogens (tertiary/aromatic N) is 3. The highest BCUT2D eigenvalue weighted by Gasteiger charge is 2.38. The lowest BCUT2D eigenvalue weighted by Crippen LogP contribution is -2.46. The zero-order valence-electron chi connectivity index (χ0n) is 17.2. The summed E-state index contributed by atoms with van der Waals surface area (Å²) in [5.74, 6) is 0.258. The van der Waals surface area contributed by atoms with Gasteiger partial charge in [-0.1, -0.05) is 6.42 Å². The monoisotopic (exact) mass is 446 g/mol. The van der Waals surface area contributed by atoms with E-state index in [-0.39, 0.29) is 35.5 Å². The third-order valence-electron chi connectivity index (χ3n) is 6.10. The van der Waals surface area contributed by atoms with Gasteiger partial charge in [0.2, 0.25) is 29.6 Å². The number of rotatable bonds is 7. The topological polar surface area (TPSA) is 115 Å². The normalized spacial score (nSPS) is 23.2. The van der Waals surface area contributed by atoms with E-state index < -0.39 is 5.92 Å². The molecule has 1 atom stereocenters. The van der Waals surface area contributed by atoms with Gasteiger partial charge in [-0.05, 0) is 44.0 Å². The molecule has 0 aromatic heterocycles. The van der Waals surface area contributed by atoms with Gasteiger partial charge in [0.25, 0.3) is 0 Å². The molecule has 2 fully saturated rings. The first-order valence-corrected chi connectivity index (χ1v) is 11.1. The van der Waals surface area contributed by atoms with E-state index in [0.29, 0.717) is 56.1 Å². The van der Waals surface area contributed by atoms with Gasteiger partial charge in [0.15, 0.2) is 11.5 Å². The quantitative estimate of drug-likeness (QED) is 0.465. The standard InChI is InChI=1S/C21H26N4O5S/c22-19(27)13-5-8-24(9-6-13)18(26)4-2-1-3-7-25-20(28)14-10-16-17(30-12-29-16)11-15(14)23-21(25)31/h10-11,13-14H,1-9,12H2,(H2,22,27). The van der Waals surface area contributed by atoms with E-state index in [4.69, 9.17) is 27.4 Å². The van der Waals surface area contributed by atoms with E-state index in [9.17, 15) is 14.4 Å². The molecule has 2 saturated heterocycles. The van der Waals surface area contributed by atoms with Crippen LogP contribution in [0.25, 0.3) is 0 Å². The average molecular weight is 447 g/mol. The number of ether oxygens (including phenoxy) is 2. The predicted molar refractivity (Wildman–Crippen MR) is 115 cm³/mol. The fourth-order valence-corrected chi connectivity index (χ4v) is 4.52. The van der Waals surface area contributed by atoms with Crippen LogP contribution in [0.4, 0.5) is 0 Å². The number of primary amides is 1. The summed E-state index contributed by atoms with van der Waals surface area (Å²) in [5.41, 5.74) is 5.92. The van der Waals surface area contributed by atoms with Crippen molar-refractivity contribution in [1.29, 1.82) is 0 Å². The van der Waals surface area contributed by atoms with Gasteiger partial charge in [0.05, 0.1) is 5.71 Å². The van der Waals surface area contributed by atoms with Gasteiger partial charge in [-0.3, -0.25) is 19.3 Å². The molecule has 0 radical (unpaired) electrons. The zero-order valence-corrected chi connectivity index (χ0v) is 18.1. The van der Waals surface area contributed by atoms with E-state index in [1.807, 2.05) is 4.90 Å². The zero-order chi connectivity index (χ0) is 22.0. The van der Waals surface area contributed by atoms with Gasteiger partial charge in [0.1, 0.15) is 5.92 Å². The summed E-state index contributed by atoms with van der Waals surface area (Å²) in [6, 6.07) is 0. The Bertz CT molecular complexity index is 888. The van der Waals surface area contributed by atoms with Crippen LogP contribution in [-0.2, 0) is 23.9 Å². The number of nitrogens with two attached hydrogens (primary N) is 1.